The van der Waals surface area contributed by atoms with E-state index in [-0.39, 0.29) is 16.6 Å². The summed E-state index contributed by atoms with van der Waals surface area (Å²) in [6.45, 7) is 5.00. The molecule has 5 nitrogen and oxygen atoms in total. The van der Waals surface area contributed by atoms with Gasteiger partial charge >= 0.3 is 0 Å². The van der Waals surface area contributed by atoms with E-state index in [4.69, 9.17) is 38.1 Å². The van der Waals surface area contributed by atoms with Crippen LogP contribution in [0.15, 0.2) is 41.1 Å². The molecule has 4 aromatic rings. The van der Waals surface area contributed by atoms with E-state index in [1.807, 2.05) is 0 Å². The number of halogens is 3. The zero-order chi connectivity index (χ0) is 22.4. The van der Waals surface area contributed by atoms with Crippen molar-refractivity contribution < 1.29 is 13.5 Å². The van der Waals surface area contributed by atoms with Gasteiger partial charge in [0.25, 0.3) is 0 Å². The standard InChI is InChI=1S/C23H20Cl2FN3O2S/c1-12(19-16(24)4-5-17(26)20(19)25)31-22-21-14(9-28-23(22)27)15(11-30-21)18-6-3-13(32-18)10-29-7-2-8-29/h3-6,9,11-12H,2,7-8,10H2,1H3,(H2,27,28). The molecule has 1 fully saturated rings. The van der Waals surface area contributed by atoms with Crippen molar-refractivity contribution in [2.45, 2.75) is 26.0 Å². The predicted molar refractivity (Wildman–Crippen MR) is 127 cm³/mol. The van der Waals surface area contributed by atoms with E-state index in [2.05, 4.69) is 22.0 Å². The van der Waals surface area contributed by atoms with Gasteiger partial charge in [-0.2, -0.15) is 0 Å². The molecule has 1 unspecified atom stereocenters. The summed E-state index contributed by atoms with van der Waals surface area (Å²) in [7, 11) is 0. The number of nitrogens with zero attached hydrogens (tertiary/aromatic N) is 2. The molecule has 32 heavy (non-hydrogen) atoms. The van der Waals surface area contributed by atoms with Gasteiger partial charge in [-0.3, -0.25) is 4.90 Å². The quantitative estimate of drug-likeness (QED) is 0.296. The monoisotopic (exact) mass is 491 g/mol. The Bertz CT molecular complexity index is 1300. The van der Waals surface area contributed by atoms with Gasteiger partial charge in [-0.25, -0.2) is 9.37 Å². The summed E-state index contributed by atoms with van der Waals surface area (Å²) in [5.74, 6) is -0.133. The predicted octanol–water partition coefficient (Wildman–Crippen LogP) is 6.93. The molecule has 1 aromatic carbocycles. The summed E-state index contributed by atoms with van der Waals surface area (Å²) >= 11 is 14.1. The van der Waals surface area contributed by atoms with Gasteiger partial charge in [0.15, 0.2) is 11.4 Å². The van der Waals surface area contributed by atoms with Crippen molar-refractivity contribution in [3.63, 3.8) is 0 Å². The lowest BCUT2D eigenvalue weighted by atomic mass is 10.1. The fourth-order valence-electron chi connectivity index (χ4n) is 3.80. The first-order chi connectivity index (χ1) is 15.4. The number of ether oxygens (including phenoxy) is 1. The van der Waals surface area contributed by atoms with Crippen LogP contribution in [-0.2, 0) is 6.54 Å². The summed E-state index contributed by atoms with van der Waals surface area (Å²) in [5.41, 5.74) is 7.84. The fourth-order valence-corrected chi connectivity index (χ4v) is 5.55. The van der Waals surface area contributed by atoms with Gasteiger partial charge < -0.3 is 14.9 Å². The Morgan fingerprint density at radius 2 is 2.09 bits per heavy atom. The van der Waals surface area contributed by atoms with Gasteiger partial charge in [0.2, 0.25) is 5.75 Å². The summed E-state index contributed by atoms with van der Waals surface area (Å²) < 4.78 is 25.9. The SMILES string of the molecule is CC(Oc1c(N)ncc2c(-c3ccc(CN4CCC4)s3)coc12)c1c(Cl)ccc(F)c1Cl. The minimum absolute atomic E-state index is 0.0860. The molecule has 166 valence electrons. The van der Waals surface area contributed by atoms with E-state index in [0.717, 1.165) is 35.5 Å². The zero-order valence-electron chi connectivity index (χ0n) is 17.2. The highest BCUT2D eigenvalue weighted by atomic mass is 35.5. The molecule has 0 spiro atoms. The molecule has 0 aliphatic carbocycles. The second kappa shape index (κ2) is 8.56. The van der Waals surface area contributed by atoms with Crippen molar-refractivity contribution in [3.05, 3.63) is 63.0 Å². The van der Waals surface area contributed by atoms with Crippen LogP contribution >= 0.6 is 34.5 Å². The largest absolute Gasteiger partial charge is 0.478 e. The lowest BCUT2D eigenvalue weighted by Crippen LogP contribution is -2.35. The van der Waals surface area contributed by atoms with Crippen molar-refractivity contribution in [2.75, 3.05) is 18.8 Å². The molecular formula is C23H20Cl2FN3O2S. The molecule has 0 radical (unpaired) electrons. The molecular weight excluding hydrogens is 472 g/mol. The Hall–Kier alpha value is -2.32. The number of nitrogen functional groups attached to an aromatic ring is 1. The molecule has 1 aliphatic rings. The Balaban J connectivity index is 1.48. The second-order valence-corrected chi connectivity index (χ2v) is 9.73. The van der Waals surface area contributed by atoms with Crippen LogP contribution < -0.4 is 10.5 Å². The molecule has 4 heterocycles. The summed E-state index contributed by atoms with van der Waals surface area (Å²) in [6.07, 6.45) is 3.95. The first-order valence-electron chi connectivity index (χ1n) is 10.2. The maximum atomic E-state index is 14.0. The number of benzene rings is 1. The van der Waals surface area contributed by atoms with Crippen molar-refractivity contribution >= 4 is 51.3 Å². The van der Waals surface area contributed by atoms with Gasteiger partial charge in [-0.15, -0.1) is 11.3 Å². The average molecular weight is 492 g/mol. The Kier molecular flexibility index (Phi) is 5.75. The molecule has 5 rings (SSSR count). The summed E-state index contributed by atoms with van der Waals surface area (Å²) in [4.78, 5) is 9.11. The Labute approximate surface area is 198 Å². The molecule has 9 heteroatoms. The topological polar surface area (TPSA) is 64.5 Å². The fraction of sp³-hybridized carbons (Fsp3) is 0.261. The number of rotatable bonds is 6. The summed E-state index contributed by atoms with van der Waals surface area (Å²) in [5, 5.41) is 1.00. The van der Waals surface area contributed by atoms with Crippen LogP contribution in [0, 0.1) is 5.82 Å². The lowest BCUT2D eigenvalue weighted by Gasteiger charge is -2.29. The summed E-state index contributed by atoms with van der Waals surface area (Å²) in [6, 6.07) is 6.90. The van der Waals surface area contributed by atoms with Gasteiger partial charge in [-0.1, -0.05) is 23.2 Å². The van der Waals surface area contributed by atoms with E-state index in [0.29, 0.717) is 16.2 Å². The van der Waals surface area contributed by atoms with Crippen LogP contribution in [0.1, 0.15) is 29.9 Å². The van der Waals surface area contributed by atoms with E-state index < -0.39 is 11.9 Å². The molecule has 3 aromatic heterocycles. The molecule has 0 bridgehead atoms. The third-order valence-corrected chi connectivity index (χ3v) is 7.45. The number of nitrogens with two attached hydrogens (primary N) is 1. The van der Waals surface area contributed by atoms with Gasteiger partial charge in [0, 0.05) is 38.6 Å². The molecule has 1 atom stereocenters. The van der Waals surface area contributed by atoms with E-state index in [1.165, 1.54) is 23.4 Å². The minimum Gasteiger partial charge on any atom is -0.478 e. The van der Waals surface area contributed by atoms with Crippen molar-refractivity contribution in [1.29, 1.82) is 0 Å². The Morgan fingerprint density at radius 1 is 1.28 bits per heavy atom. The Morgan fingerprint density at radius 3 is 2.84 bits per heavy atom. The first-order valence-corrected chi connectivity index (χ1v) is 11.8. The number of fused-ring (bicyclic) bond motifs is 1. The van der Waals surface area contributed by atoms with Gasteiger partial charge in [0.1, 0.15) is 18.2 Å². The number of hydrogen-bond acceptors (Lipinski definition) is 6. The number of anilines is 1. The number of hydrogen-bond donors (Lipinski definition) is 1. The third kappa shape index (κ3) is 3.83. The maximum absolute atomic E-state index is 14.0. The van der Waals surface area contributed by atoms with Crippen LogP contribution in [0.3, 0.4) is 0 Å². The third-order valence-electron chi connectivity index (χ3n) is 5.64. The van der Waals surface area contributed by atoms with Gasteiger partial charge in [-0.05, 0) is 50.7 Å². The molecule has 0 amide bonds. The van der Waals surface area contributed by atoms with E-state index in [9.17, 15) is 4.39 Å². The number of furan rings is 1. The molecule has 1 saturated heterocycles. The highest BCUT2D eigenvalue weighted by Gasteiger charge is 2.24. The van der Waals surface area contributed by atoms with E-state index in [1.54, 1.807) is 30.7 Å². The normalized spacial score (nSPS) is 15.1. The van der Waals surface area contributed by atoms with E-state index >= 15 is 0 Å². The second-order valence-electron chi connectivity index (χ2n) is 7.78. The van der Waals surface area contributed by atoms with Crippen molar-refractivity contribution in [1.82, 2.24) is 9.88 Å². The highest BCUT2D eigenvalue weighted by Crippen LogP contribution is 2.43. The number of thiophene rings is 1. The smallest absolute Gasteiger partial charge is 0.205 e. The van der Waals surface area contributed by atoms with Crippen LogP contribution in [0.5, 0.6) is 5.75 Å². The van der Waals surface area contributed by atoms with Crippen molar-refractivity contribution in [2.24, 2.45) is 0 Å². The van der Waals surface area contributed by atoms with Crippen LogP contribution in [-0.4, -0.2) is 23.0 Å². The van der Waals surface area contributed by atoms with Crippen LogP contribution in [0.25, 0.3) is 21.4 Å². The maximum Gasteiger partial charge on any atom is 0.205 e. The van der Waals surface area contributed by atoms with Gasteiger partial charge in [0.05, 0.1) is 10.4 Å². The average Bonchev–Trinajstić information content (AvgIpc) is 3.37. The number of pyridine rings is 1. The number of aromatic nitrogens is 1. The minimum atomic E-state index is -0.682. The lowest BCUT2D eigenvalue weighted by molar-refractivity contribution is 0.174. The molecule has 2 N–H and O–H groups in total. The molecule has 1 aliphatic heterocycles. The molecule has 0 saturated carbocycles. The first kappa shape index (κ1) is 21.5. The highest BCUT2D eigenvalue weighted by molar-refractivity contribution is 7.15. The zero-order valence-corrected chi connectivity index (χ0v) is 19.5. The van der Waals surface area contributed by atoms with Crippen LogP contribution in [0.4, 0.5) is 10.2 Å². The number of likely N-dealkylation sites (tertiary alicyclic amines) is 1. The van der Waals surface area contributed by atoms with Crippen molar-refractivity contribution in [3.8, 4) is 16.2 Å². The van der Waals surface area contributed by atoms with Crippen LogP contribution in [0.2, 0.25) is 10.0 Å².